The molecule has 0 saturated heterocycles. The molecule has 0 radical (unpaired) electrons. The largest absolute Gasteiger partial charge is 0.493 e. The highest BCUT2D eigenvalue weighted by Gasteiger charge is 2.17. The van der Waals surface area contributed by atoms with Gasteiger partial charge in [0.25, 0.3) is 0 Å². The first-order valence-corrected chi connectivity index (χ1v) is 8.14. The minimum Gasteiger partial charge on any atom is -0.493 e. The van der Waals surface area contributed by atoms with Gasteiger partial charge in [-0.05, 0) is 36.4 Å². The summed E-state index contributed by atoms with van der Waals surface area (Å²) in [6, 6.07) is 10.5. The fourth-order valence-corrected chi connectivity index (χ4v) is 3.20. The number of hydrogen-bond donors (Lipinski definition) is 1. The van der Waals surface area contributed by atoms with Crippen molar-refractivity contribution < 1.29 is 9.47 Å². The smallest absolute Gasteiger partial charge is 0.163 e. The van der Waals surface area contributed by atoms with Gasteiger partial charge in [0, 0.05) is 16.6 Å². The van der Waals surface area contributed by atoms with Crippen molar-refractivity contribution in [2.75, 3.05) is 19.0 Å². The molecule has 0 fully saturated rings. The van der Waals surface area contributed by atoms with E-state index in [1.807, 2.05) is 25.1 Å². The van der Waals surface area contributed by atoms with E-state index < -0.39 is 0 Å². The molecular formula is C17H23NO2S. The predicted molar refractivity (Wildman–Crippen MR) is 89.7 cm³/mol. The van der Waals surface area contributed by atoms with Crippen LogP contribution in [0.15, 0.2) is 35.7 Å². The molecule has 1 N–H and O–H groups in total. The molecule has 0 aliphatic carbocycles. The molecule has 21 heavy (non-hydrogen) atoms. The number of rotatable bonds is 7. The van der Waals surface area contributed by atoms with Crippen LogP contribution >= 0.6 is 11.3 Å². The van der Waals surface area contributed by atoms with Crippen molar-refractivity contribution in [1.29, 1.82) is 0 Å². The zero-order chi connectivity index (χ0) is 15.2. The second-order valence-corrected chi connectivity index (χ2v) is 6.16. The standard InChI is InChI=1S/C17H23NO2S/c1-5-20-15-11-13(8-9-14(15)19-4)18-17(12(2)3)16-7-6-10-21-16/h6-12,17-18H,5H2,1-4H3. The number of ether oxygens (including phenoxy) is 2. The first-order valence-electron chi connectivity index (χ1n) is 7.26. The molecule has 1 atom stereocenters. The van der Waals surface area contributed by atoms with Crippen LogP contribution in [0.1, 0.15) is 31.7 Å². The maximum atomic E-state index is 5.64. The molecule has 4 heteroatoms. The summed E-state index contributed by atoms with van der Waals surface area (Å²) in [4.78, 5) is 1.35. The lowest BCUT2D eigenvalue weighted by Crippen LogP contribution is -2.15. The molecule has 2 aromatic rings. The predicted octanol–water partition coefficient (Wildman–Crippen LogP) is 4.96. The molecule has 0 aliphatic heterocycles. The number of methoxy groups -OCH3 is 1. The summed E-state index contributed by atoms with van der Waals surface area (Å²) in [6.07, 6.45) is 0. The minimum atomic E-state index is 0.299. The van der Waals surface area contributed by atoms with E-state index in [1.54, 1.807) is 18.4 Å². The van der Waals surface area contributed by atoms with Crippen molar-refractivity contribution in [3.05, 3.63) is 40.6 Å². The van der Waals surface area contributed by atoms with Crippen molar-refractivity contribution in [3.63, 3.8) is 0 Å². The molecule has 0 spiro atoms. The number of hydrogen-bond acceptors (Lipinski definition) is 4. The highest BCUT2D eigenvalue weighted by atomic mass is 32.1. The van der Waals surface area contributed by atoms with E-state index in [0.29, 0.717) is 18.6 Å². The van der Waals surface area contributed by atoms with E-state index in [2.05, 4.69) is 36.7 Å². The van der Waals surface area contributed by atoms with Crippen LogP contribution in [0.2, 0.25) is 0 Å². The Balaban J connectivity index is 2.23. The van der Waals surface area contributed by atoms with E-state index in [1.165, 1.54) is 4.88 Å². The van der Waals surface area contributed by atoms with Gasteiger partial charge in [-0.3, -0.25) is 0 Å². The fourth-order valence-electron chi connectivity index (χ4n) is 2.25. The van der Waals surface area contributed by atoms with Crippen molar-refractivity contribution >= 4 is 17.0 Å². The zero-order valence-corrected chi connectivity index (χ0v) is 13.9. The fraction of sp³-hybridized carbons (Fsp3) is 0.412. The van der Waals surface area contributed by atoms with Crippen molar-refractivity contribution in [1.82, 2.24) is 0 Å². The second-order valence-electron chi connectivity index (χ2n) is 5.18. The van der Waals surface area contributed by atoms with Gasteiger partial charge in [0.2, 0.25) is 0 Å². The van der Waals surface area contributed by atoms with Crippen LogP contribution < -0.4 is 14.8 Å². The third-order valence-corrected chi connectivity index (χ3v) is 4.26. The number of thiophene rings is 1. The molecule has 1 aromatic heterocycles. The Morgan fingerprint density at radius 2 is 2.00 bits per heavy atom. The molecule has 3 nitrogen and oxygen atoms in total. The van der Waals surface area contributed by atoms with E-state index in [9.17, 15) is 0 Å². The molecule has 1 heterocycles. The molecule has 0 saturated carbocycles. The summed E-state index contributed by atoms with van der Waals surface area (Å²) < 4.78 is 11.0. The molecule has 1 unspecified atom stereocenters. The summed E-state index contributed by atoms with van der Waals surface area (Å²) in [5.41, 5.74) is 1.05. The second kappa shape index (κ2) is 7.36. The lowest BCUT2D eigenvalue weighted by atomic mass is 10.0. The Kier molecular flexibility index (Phi) is 5.51. The Morgan fingerprint density at radius 1 is 1.19 bits per heavy atom. The summed E-state index contributed by atoms with van der Waals surface area (Å²) in [7, 11) is 1.66. The van der Waals surface area contributed by atoms with E-state index >= 15 is 0 Å². The van der Waals surface area contributed by atoms with Crippen LogP contribution in [0.4, 0.5) is 5.69 Å². The third kappa shape index (κ3) is 3.91. The van der Waals surface area contributed by atoms with E-state index in [-0.39, 0.29) is 0 Å². The van der Waals surface area contributed by atoms with Gasteiger partial charge in [0.05, 0.1) is 19.8 Å². The lowest BCUT2D eigenvalue weighted by Gasteiger charge is -2.23. The van der Waals surface area contributed by atoms with E-state index in [0.717, 1.165) is 17.2 Å². The zero-order valence-electron chi connectivity index (χ0n) is 13.1. The summed E-state index contributed by atoms with van der Waals surface area (Å²) >= 11 is 1.78. The van der Waals surface area contributed by atoms with Gasteiger partial charge >= 0.3 is 0 Å². The van der Waals surface area contributed by atoms with Crippen LogP contribution in [-0.4, -0.2) is 13.7 Å². The summed E-state index contributed by atoms with van der Waals surface area (Å²) in [5.74, 6) is 2.04. The average molecular weight is 305 g/mol. The Morgan fingerprint density at radius 3 is 2.57 bits per heavy atom. The average Bonchev–Trinajstić information content (AvgIpc) is 2.99. The summed E-state index contributed by atoms with van der Waals surface area (Å²) in [6.45, 7) is 7.05. The summed E-state index contributed by atoms with van der Waals surface area (Å²) in [5, 5.41) is 5.72. The Labute approximate surface area is 130 Å². The Bertz CT molecular complexity index is 552. The molecular weight excluding hydrogens is 282 g/mol. The highest BCUT2D eigenvalue weighted by Crippen LogP contribution is 2.34. The maximum absolute atomic E-state index is 5.64. The van der Waals surface area contributed by atoms with Crippen molar-refractivity contribution in [2.24, 2.45) is 5.92 Å². The van der Waals surface area contributed by atoms with Gasteiger partial charge < -0.3 is 14.8 Å². The topological polar surface area (TPSA) is 30.5 Å². The van der Waals surface area contributed by atoms with Crippen LogP contribution in [0.5, 0.6) is 11.5 Å². The van der Waals surface area contributed by atoms with Gasteiger partial charge in [-0.15, -0.1) is 11.3 Å². The number of anilines is 1. The molecule has 0 aliphatic rings. The van der Waals surface area contributed by atoms with Gasteiger partial charge in [-0.2, -0.15) is 0 Å². The quantitative estimate of drug-likeness (QED) is 0.784. The SMILES string of the molecule is CCOc1cc(NC(c2cccs2)C(C)C)ccc1OC. The number of benzene rings is 1. The lowest BCUT2D eigenvalue weighted by molar-refractivity contribution is 0.311. The Hall–Kier alpha value is -1.68. The van der Waals surface area contributed by atoms with Gasteiger partial charge in [-0.1, -0.05) is 19.9 Å². The van der Waals surface area contributed by atoms with Crippen molar-refractivity contribution in [3.8, 4) is 11.5 Å². The molecule has 0 bridgehead atoms. The van der Waals surface area contributed by atoms with Crippen LogP contribution in [0, 0.1) is 5.92 Å². The number of nitrogens with one attached hydrogen (secondary N) is 1. The first kappa shape index (κ1) is 15.7. The minimum absolute atomic E-state index is 0.299. The van der Waals surface area contributed by atoms with Gasteiger partial charge in [0.15, 0.2) is 11.5 Å². The monoisotopic (exact) mass is 305 g/mol. The van der Waals surface area contributed by atoms with Crippen LogP contribution in [-0.2, 0) is 0 Å². The van der Waals surface area contributed by atoms with Crippen molar-refractivity contribution in [2.45, 2.75) is 26.8 Å². The van der Waals surface area contributed by atoms with Gasteiger partial charge in [0.1, 0.15) is 0 Å². The third-order valence-electron chi connectivity index (χ3n) is 3.30. The van der Waals surface area contributed by atoms with Crippen LogP contribution in [0.3, 0.4) is 0 Å². The molecule has 1 aromatic carbocycles. The van der Waals surface area contributed by atoms with Gasteiger partial charge in [-0.25, -0.2) is 0 Å². The highest BCUT2D eigenvalue weighted by molar-refractivity contribution is 7.10. The normalized spacial score (nSPS) is 12.2. The maximum Gasteiger partial charge on any atom is 0.163 e. The first-order chi connectivity index (χ1) is 10.2. The molecule has 0 amide bonds. The molecule has 114 valence electrons. The van der Waals surface area contributed by atoms with E-state index in [4.69, 9.17) is 9.47 Å². The van der Waals surface area contributed by atoms with Crippen LogP contribution in [0.25, 0.3) is 0 Å². The molecule has 2 rings (SSSR count).